The predicted molar refractivity (Wildman–Crippen MR) is 38.7 cm³/mol. The van der Waals surface area contributed by atoms with Crippen LogP contribution in [0.25, 0.3) is 0 Å². The van der Waals surface area contributed by atoms with Crippen molar-refractivity contribution in [2.24, 2.45) is 0 Å². The van der Waals surface area contributed by atoms with E-state index in [9.17, 15) is 4.79 Å². The zero-order valence-corrected chi connectivity index (χ0v) is 6.86. The normalized spacial score (nSPS) is 7.11. The van der Waals surface area contributed by atoms with E-state index in [1.807, 2.05) is 13.8 Å². The van der Waals surface area contributed by atoms with Crippen LogP contribution in [-0.4, -0.2) is 18.5 Å². The maximum absolute atomic E-state index is 10.1. The predicted octanol–water partition coefficient (Wildman–Crippen LogP) is 1.81. The minimum absolute atomic E-state index is 0.0478. The summed E-state index contributed by atoms with van der Waals surface area (Å²) >= 11 is 5.06. The molecule has 0 saturated carbocycles. The third-order valence-corrected chi connectivity index (χ3v) is 0.633. The second-order valence-electron chi connectivity index (χ2n) is 0.939. The van der Waals surface area contributed by atoms with Crippen LogP contribution >= 0.6 is 11.6 Å². The number of carbonyl (C=O) groups excluding carboxylic acids is 1. The van der Waals surface area contributed by atoms with Gasteiger partial charge in [0, 0.05) is 0 Å². The lowest BCUT2D eigenvalue weighted by atomic mass is 10.8. The van der Waals surface area contributed by atoms with Crippen molar-refractivity contribution in [3.63, 3.8) is 0 Å². The molecule has 0 aliphatic carbocycles. The summed E-state index contributed by atoms with van der Waals surface area (Å²) in [6.07, 6.45) is 0. The molecule has 0 N–H and O–H groups in total. The Balaban J connectivity index is 0. The summed E-state index contributed by atoms with van der Waals surface area (Å²) in [5.41, 5.74) is 0. The van der Waals surface area contributed by atoms with Crippen LogP contribution in [-0.2, 0) is 9.53 Å². The van der Waals surface area contributed by atoms with Crippen LogP contribution < -0.4 is 0 Å². The van der Waals surface area contributed by atoms with E-state index in [1.165, 1.54) is 0 Å². The minimum atomic E-state index is -0.357. The molecule has 0 spiro atoms. The van der Waals surface area contributed by atoms with E-state index in [1.54, 1.807) is 6.92 Å². The van der Waals surface area contributed by atoms with Gasteiger partial charge in [-0.25, -0.2) is 0 Å². The second-order valence-corrected chi connectivity index (χ2v) is 1.21. The fourth-order valence-corrected chi connectivity index (χ4v) is 0.277. The van der Waals surface area contributed by atoms with E-state index in [-0.39, 0.29) is 11.8 Å². The molecule has 56 valence electrons. The van der Waals surface area contributed by atoms with Crippen molar-refractivity contribution >= 4 is 17.6 Å². The highest BCUT2D eigenvalue weighted by molar-refractivity contribution is 6.26. The van der Waals surface area contributed by atoms with Crippen LogP contribution in [0.3, 0.4) is 0 Å². The van der Waals surface area contributed by atoms with Gasteiger partial charge in [-0.3, -0.25) is 4.79 Å². The molecule has 0 unspecified atom stereocenters. The number of alkyl halides is 1. The standard InChI is InChI=1S/C4H7ClO2.C2H6/c1-2-7-4(6)3-5;1-2/h2-3H2,1H3;1-2H3. The summed E-state index contributed by atoms with van der Waals surface area (Å²) in [5.74, 6) is -0.405. The molecule has 0 heterocycles. The first-order chi connectivity index (χ1) is 4.31. The largest absolute Gasteiger partial charge is 0.465 e. The molecule has 0 aromatic carbocycles. The topological polar surface area (TPSA) is 26.3 Å². The average molecular weight is 153 g/mol. The van der Waals surface area contributed by atoms with Gasteiger partial charge in [0.15, 0.2) is 0 Å². The Morgan fingerprint density at radius 2 is 2.00 bits per heavy atom. The monoisotopic (exact) mass is 152 g/mol. The smallest absolute Gasteiger partial charge is 0.320 e. The van der Waals surface area contributed by atoms with Crippen molar-refractivity contribution in [3.05, 3.63) is 0 Å². The SMILES string of the molecule is CC.CCOC(=O)CCl. The average Bonchev–Trinajstić information content (AvgIpc) is 1.93. The summed E-state index contributed by atoms with van der Waals surface area (Å²) in [6, 6.07) is 0. The molecule has 0 radical (unpaired) electrons. The highest BCUT2D eigenvalue weighted by Gasteiger charge is 1.93. The summed E-state index contributed by atoms with van der Waals surface area (Å²) in [6.45, 7) is 6.15. The summed E-state index contributed by atoms with van der Waals surface area (Å²) in [7, 11) is 0. The van der Waals surface area contributed by atoms with Crippen LogP contribution in [0.15, 0.2) is 0 Å². The Morgan fingerprint density at radius 3 is 2.11 bits per heavy atom. The second kappa shape index (κ2) is 10.7. The molecule has 0 aromatic rings. The third kappa shape index (κ3) is 11.4. The number of halogens is 1. The molecule has 0 fully saturated rings. The lowest BCUT2D eigenvalue weighted by Gasteiger charge is -1.92. The van der Waals surface area contributed by atoms with Crippen LogP contribution in [0, 0.1) is 0 Å². The fraction of sp³-hybridized carbons (Fsp3) is 0.833. The summed E-state index contributed by atoms with van der Waals surface area (Å²) in [4.78, 5) is 10.1. The molecule has 0 aliphatic rings. The van der Waals surface area contributed by atoms with Gasteiger partial charge in [-0.15, -0.1) is 11.6 Å². The molecular formula is C6H13ClO2. The first-order valence-corrected chi connectivity index (χ1v) is 3.56. The van der Waals surface area contributed by atoms with Crippen molar-refractivity contribution in [3.8, 4) is 0 Å². The Bertz CT molecular complexity index is 64.1. The van der Waals surface area contributed by atoms with Crippen LogP contribution in [0.2, 0.25) is 0 Å². The van der Waals surface area contributed by atoms with Crippen LogP contribution in [0.1, 0.15) is 20.8 Å². The van der Waals surface area contributed by atoms with Gasteiger partial charge in [0.1, 0.15) is 5.88 Å². The number of hydrogen-bond acceptors (Lipinski definition) is 2. The van der Waals surface area contributed by atoms with Gasteiger partial charge in [-0.2, -0.15) is 0 Å². The van der Waals surface area contributed by atoms with Gasteiger partial charge in [0.25, 0.3) is 0 Å². The number of hydrogen-bond donors (Lipinski definition) is 0. The van der Waals surface area contributed by atoms with Crippen molar-refractivity contribution < 1.29 is 9.53 Å². The lowest BCUT2D eigenvalue weighted by Crippen LogP contribution is -2.03. The van der Waals surface area contributed by atoms with E-state index < -0.39 is 0 Å². The number of rotatable bonds is 2. The molecule has 0 aromatic heterocycles. The maximum Gasteiger partial charge on any atom is 0.320 e. The van der Waals surface area contributed by atoms with Gasteiger partial charge in [0.2, 0.25) is 0 Å². The first-order valence-electron chi connectivity index (χ1n) is 3.02. The van der Waals surface area contributed by atoms with Crippen molar-refractivity contribution in [2.75, 3.05) is 12.5 Å². The molecule has 0 atom stereocenters. The molecule has 0 amide bonds. The summed E-state index contributed by atoms with van der Waals surface area (Å²) in [5, 5.41) is 0. The molecule has 0 bridgehead atoms. The van der Waals surface area contributed by atoms with Crippen LogP contribution in [0.4, 0.5) is 0 Å². The van der Waals surface area contributed by atoms with E-state index in [0.29, 0.717) is 6.61 Å². The maximum atomic E-state index is 10.1. The van der Waals surface area contributed by atoms with Gasteiger partial charge < -0.3 is 4.74 Å². The zero-order chi connectivity index (χ0) is 7.70. The molecule has 3 heteroatoms. The Hall–Kier alpha value is -0.240. The fourth-order valence-electron chi connectivity index (χ4n) is 0.200. The highest BCUT2D eigenvalue weighted by Crippen LogP contribution is 1.79. The molecule has 0 saturated heterocycles. The van der Waals surface area contributed by atoms with Crippen LogP contribution in [0.5, 0.6) is 0 Å². The van der Waals surface area contributed by atoms with Crippen molar-refractivity contribution in [1.82, 2.24) is 0 Å². The molecule has 0 aliphatic heterocycles. The van der Waals surface area contributed by atoms with Gasteiger partial charge in [-0.05, 0) is 6.92 Å². The zero-order valence-electron chi connectivity index (χ0n) is 6.11. The van der Waals surface area contributed by atoms with E-state index in [2.05, 4.69) is 4.74 Å². The molecule has 0 rings (SSSR count). The van der Waals surface area contributed by atoms with E-state index in [0.717, 1.165) is 0 Å². The Morgan fingerprint density at radius 1 is 1.56 bits per heavy atom. The van der Waals surface area contributed by atoms with Crippen molar-refractivity contribution in [1.29, 1.82) is 0 Å². The van der Waals surface area contributed by atoms with Gasteiger partial charge >= 0.3 is 5.97 Å². The first kappa shape index (κ1) is 11.5. The highest BCUT2D eigenvalue weighted by atomic mass is 35.5. The van der Waals surface area contributed by atoms with E-state index >= 15 is 0 Å². The summed E-state index contributed by atoms with van der Waals surface area (Å²) < 4.78 is 4.42. The molecule has 9 heavy (non-hydrogen) atoms. The number of carbonyl (C=O) groups is 1. The number of ether oxygens (including phenoxy) is 1. The molecule has 2 nitrogen and oxygen atoms in total. The van der Waals surface area contributed by atoms with Gasteiger partial charge in [0.05, 0.1) is 6.61 Å². The lowest BCUT2D eigenvalue weighted by molar-refractivity contribution is -0.140. The third-order valence-electron chi connectivity index (χ3n) is 0.414. The Kier molecular flexibility index (Phi) is 13.7. The van der Waals surface area contributed by atoms with Crippen molar-refractivity contribution in [2.45, 2.75) is 20.8 Å². The minimum Gasteiger partial charge on any atom is -0.465 e. The Labute approximate surface area is 61.1 Å². The molecular weight excluding hydrogens is 140 g/mol. The van der Waals surface area contributed by atoms with E-state index in [4.69, 9.17) is 11.6 Å². The number of esters is 1. The quantitative estimate of drug-likeness (QED) is 0.446. The van der Waals surface area contributed by atoms with Gasteiger partial charge in [-0.1, -0.05) is 13.8 Å².